The highest BCUT2D eigenvalue weighted by molar-refractivity contribution is 7.60. The molecule has 6 N–H and O–H groups in total. The molecule has 220 valence electrons. The topological polar surface area (TPSA) is 235 Å². The number of halogens is 2. The summed E-state index contributed by atoms with van der Waals surface area (Å²) in [5.41, 5.74) is 0. The molecule has 0 amide bonds. The molecule has 0 aliphatic heterocycles. The number of hydrogen-bond acceptors (Lipinski definition) is 11. The highest BCUT2D eigenvalue weighted by Crippen LogP contribution is 2.37. The SMILES string of the molecule is COc1cc(Oc2cc(OC)ncn2)cc(P(=O)(O)O)c1.Clc1cc(Cl)ncn1.O=P(O)(O)c1cc(O)cc(O)c1. The van der Waals surface area contributed by atoms with Crippen molar-refractivity contribution in [1.82, 2.24) is 19.9 Å². The van der Waals surface area contributed by atoms with E-state index < -0.39 is 20.5 Å². The van der Waals surface area contributed by atoms with Gasteiger partial charge >= 0.3 is 15.2 Å². The van der Waals surface area contributed by atoms with Crippen LogP contribution in [0, 0.1) is 0 Å². The molecule has 0 atom stereocenters. The van der Waals surface area contributed by atoms with Gasteiger partial charge in [0.25, 0.3) is 0 Å². The molecule has 4 rings (SSSR count). The number of benzene rings is 2. The van der Waals surface area contributed by atoms with Crippen molar-refractivity contribution in [3.05, 3.63) is 71.5 Å². The van der Waals surface area contributed by atoms with Crippen LogP contribution in [0.1, 0.15) is 0 Å². The molecule has 2 aromatic heterocycles. The molecule has 19 heteroatoms. The number of nitrogens with zero attached hydrogens (tertiary/aromatic N) is 4. The smallest absolute Gasteiger partial charge is 0.356 e. The van der Waals surface area contributed by atoms with Crippen LogP contribution < -0.4 is 24.8 Å². The summed E-state index contributed by atoms with van der Waals surface area (Å²) in [5, 5.41) is 17.8. The summed E-state index contributed by atoms with van der Waals surface area (Å²) >= 11 is 10.8. The van der Waals surface area contributed by atoms with Gasteiger partial charge in [0.05, 0.1) is 30.9 Å². The van der Waals surface area contributed by atoms with E-state index in [1.165, 1.54) is 57.2 Å². The summed E-state index contributed by atoms with van der Waals surface area (Å²) in [6, 6.07) is 9.65. The largest absolute Gasteiger partial charge is 0.508 e. The van der Waals surface area contributed by atoms with Gasteiger partial charge in [0.2, 0.25) is 11.8 Å². The standard InChI is InChI=1S/C12H13N2O6P.C6H7O5P.C4H2Cl2N2/c1-18-8-3-9(5-10(4-8)21(15,16)17)20-12-6-11(19-2)13-7-14-12;7-4-1-5(8)3-6(2-4)12(9,10)11;5-3-1-4(6)8-2-7-3/h3-7H,1-2H3,(H2,15,16,17);1-3,7-8H,(H2,9,10,11);1-2H. The predicted molar refractivity (Wildman–Crippen MR) is 147 cm³/mol. The van der Waals surface area contributed by atoms with Gasteiger partial charge in [-0.2, -0.15) is 0 Å². The van der Waals surface area contributed by atoms with Crippen molar-refractivity contribution in [3.8, 4) is 34.8 Å². The van der Waals surface area contributed by atoms with Crippen molar-refractivity contribution in [2.24, 2.45) is 0 Å². The fourth-order valence-corrected chi connectivity index (χ4v) is 4.11. The fourth-order valence-electron chi connectivity index (χ4n) is 2.57. The highest BCUT2D eigenvalue weighted by atomic mass is 35.5. The molecule has 0 saturated carbocycles. The molecule has 15 nitrogen and oxygen atoms in total. The maximum Gasteiger partial charge on any atom is 0.356 e. The number of aromatic nitrogens is 4. The van der Waals surface area contributed by atoms with Crippen LogP contribution in [-0.4, -0.2) is 63.9 Å². The average Bonchev–Trinajstić information content (AvgIpc) is 2.87. The van der Waals surface area contributed by atoms with Crippen molar-refractivity contribution in [2.75, 3.05) is 14.2 Å². The Kier molecular flexibility index (Phi) is 12.3. The van der Waals surface area contributed by atoms with Gasteiger partial charge in [0.15, 0.2) is 0 Å². The second-order valence-corrected chi connectivity index (χ2v) is 11.3. The van der Waals surface area contributed by atoms with Gasteiger partial charge in [-0.05, 0) is 24.3 Å². The third-order valence-electron chi connectivity index (χ3n) is 4.31. The van der Waals surface area contributed by atoms with E-state index in [1.807, 2.05) is 0 Å². The average molecular weight is 651 g/mol. The van der Waals surface area contributed by atoms with Crippen LogP contribution in [0.15, 0.2) is 61.2 Å². The zero-order chi connectivity index (χ0) is 30.8. The molecule has 0 saturated heterocycles. The van der Waals surface area contributed by atoms with Crippen molar-refractivity contribution in [3.63, 3.8) is 0 Å². The third-order valence-corrected chi connectivity index (χ3v) is 6.58. The monoisotopic (exact) mass is 650 g/mol. The molecular weight excluding hydrogens is 629 g/mol. The van der Waals surface area contributed by atoms with Gasteiger partial charge in [-0.3, -0.25) is 9.13 Å². The Balaban J connectivity index is 0.000000246. The first-order valence-corrected chi connectivity index (χ1v) is 14.6. The number of phenols is 2. The molecule has 0 aliphatic carbocycles. The van der Waals surface area contributed by atoms with Crippen molar-refractivity contribution in [2.45, 2.75) is 0 Å². The number of rotatable bonds is 6. The molecule has 4 aromatic rings. The number of ether oxygens (including phenoxy) is 3. The lowest BCUT2D eigenvalue weighted by atomic mass is 10.3. The van der Waals surface area contributed by atoms with Gasteiger partial charge in [-0.15, -0.1) is 0 Å². The normalized spacial score (nSPS) is 10.8. The van der Waals surface area contributed by atoms with E-state index in [0.717, 1.165) is 18.2 Å². The highest BCUT2D eigenvalue weighted by Gasteiger charge is 2.20. The molecule has 0 radical (unpaired) electrons. The summed E-state index contributed by atoms with van der Waals surface area (Å²) in [6.07, 6.45) is 2.56. The van der Waals surface area contributed by atoms with Crippen molar-refractivity contribution in [1.29, 1.82) is 0 Å². The van der Waals surface area contributed by atoms with Crippen LogP contribution in [0.25, 0.3) is 0 Å². The molecular formula is C22H22Cl2N4O11P2. The number of phenolic OH excluding ortho intramolecular Hbond substituents is 2. The van der Waals surface area contributed by atoms with Crippen LogP contribution >= 0.6 is 38.4 Å². The van der Waals surface area contributed by atoms with E-state index in [2.05, 4.69) is 19.9 Å². The Morgan fingerprint density at radius 2 is 1.10 bits per heavy atom. The van der Waals surface area contributed by atoms with Crippen LogP contribution in [0.5, 0.6) is 34.8 Å². The predicted octanol–water partition coefficient (Wildman–Crippen LogP) is 2.77. The summed E-state index contributed by atoms with van der Waals surface area (Å²) in [5.74, 6) is 0.145. The zero-order valence-corrected chi connectivity index (χ0v) is 24.2. The van der Waals surface area contributed by atoms with Gasteiger partial charge in [0.1, 0.15) is 46.0 Å². The van der Waals surface area contributed by atoms with E-state index >= 15 is 0 Å². The van der Waals surface area contributed by atoms with Gasteiger partial charge in [0, 0.05) is 18.2 Å². The lowest BCUT2D eigenvalue weighted by Gasteiger charge is -2.11. The Morgan fingerprint density at radius 3 is 1.56 bits per heavy atom. The van der Waals surface area contributed by atoms with Gasteiger partial charge in [-0.1, -0.05) is 23.2 Å². The first kappa shape index (κ1) is 33.7. The Bertz CT molecular complexity index is 1530. The Hall–Kier alpha value is -3.52. The summed E-state index contributed by atoms with van der Waals surface area (Å²) < 4.78 is 37.3. The molecule has 2 heterocycles. The number of hydrogen-bond donors (Lipinski definition) is 6. The third kappa shape index (κ3) is 11.9. The maximum atomic E-state index is 11.3. The van der Waals surface area contributed by atoms with E-state index in [0.29, 0.717) is 16.2 Å². The Labute approximate surface area is 242 Å². The maximum absolute atomic E-state index is 11.3. The lowest BCUT2D eigenvalue weighted by molar-refractivity contribution is 0.381. The molecule has 2 aromatic carbocycles. The minimum atomic E-state index is -4.42. The number of methoxy groups -OCH3 is 2. The molecule has 0 unspecified atom stereocenters. The van der Waals surface area contributed by atoms with Crippen molar-refractivity contribution < 1.29 is 53.1 Å². The quantitative estimate of drug-likeness (QED) is 0.130. The van der Waals surface area contributed by atoms with E-state index in [9.17, 15) is 18.9 Å². The molecule has 0 fully saturated rings. The van der Waals surface area contributed by atoms with Crippen LogP contribution in [-0.2, 0) is 9.13 Å². The second kappa shape index (κ2) is 14.9. The first-order chi connectivity index (χ1) is 19.1. The second-order valence-electron chi connectivity index (χ2n) is 7.33. The van der Waals surface area contributed by atoms with Gasteiger partial charge < -0.3 is 44.0 Å². The van der Waals surface area contributed by atoms with E-state index in [1.54, 1.807) is 0 Å². The molecule has 41 heavy (non-hydrogen) atoms. The Morgan fingerprint density at radius 1 is 0.610 bits per heavy atom. The van der Waals surface area contributed by atoms with Crippen LogP contribution in [0.3, 0.4) is 0 Å². The number of aromatic hydroxyl groups is 2. The van der Waals surface area contributed by atoms with Crippen LogP contribution in [0.2, 0.25) is 10.3 Å². The zero-order valence-electron chi connectivity index (χ0n) is 20.9. The molecule has 0 aliphatic rings. The van der Waals surface area contributed by atoms with Crippen molar-refractivity contribution >= 4 is 49.0 Å². The minimum absolute atomic E-state index is 0.173. The minimum Gasteiger partial charge on any atom is -0.508 e. The van der Waals surface area contributed by atoms with Crippen LogP contribution in [0.4, 0.5) is 0 Å². The van der Waals surface area contributed by atoms with E-state index in [-0.39, 0.29) is 34.2 Å². The fraction of sp³-hybridized carbons (Fsp3) is 0.0909. The molecule has 0 spiro atoms. The first-order valence-electron chi connectivity index (χ1n) is 10.6. The summed E-state index contributed by atoms with van der Waals surface area (Å²) in [7, 11) is -5.98. The lowest BCUT2D eigenvalue weighted by Crippen LogP contribution is -2.05. The summed E-state index contributed by atoms with van der Waals surface area (Å²) in [6.45, 7) is 0. The van der Waals surface area contributed by atoms with Gasteiger partial charge in [-0.25, -0.2) is 19.9 Å². The van der Waals surface area contributed by atoms with E-state index in [4.69, 9.17) is 57.4 Å². The molecule has 0 bridgehead atoms. The summed E-state index contributed by atoms with van der Waals surface area (Å²) in [4.78, 5) is 50.7.